The summed E-state index contributed by atoms with van der Waals surface area (Å²) in [6.45, 7) is 2.70. The lowest BCUT2D eigenvalue weighted by atomic mass is 10.6. The van der Waals surface area contributed by atoms with Crippen molar-refractivity contribution in [2.75, 3.05) is 6.61 Å². The van der Waals surface area contributed by atoms with Gasteiger partial charge in [0.05, 0.1) is 25.0 Å². The van der Waals surface area contributed by atoms with Crippen LogP contribution in [0.4, 0.5) is 0 Å². The van der Waals surface area contributed by atoms with Crippen LogP contribution < -0.4 is 4.74 Å². The predicted molar refractivity (Wildman–Crippen MR) is 41.7 cm³/mol. The van der Waals surface area contributed by atoms with E-state index in [0.717, 1.165) is 12.4 Å². The van der Waals surface area contributed by atoms with E-state index in [4.69, 9.17) is 4.74 Å². The van der Waals surface area contributed by atoms with Gasteiger partial charge in [0.1, 0.15) is 0 Å². The Balaban J connectivity index is 2.06. The van der Waals surface area contributed by atoms with E-state index in [0.29, 0.717) is 6.04 Å². The van der Waals surface area contributed by atoms with Crippen LogP contribution in [0.3, 0.4) is 0 Å². The van der Waals surface area contributed by atoms with Gasteiger partial charge < -0.3 is 4.74 Å². The van der Waals surface area contributed by atoms with Crippen molar-refractivity contribution in [1.29, 1.82) is 0 Å². The molecule has 0 unspecified atom stereocenters. The molecule has 0 N–H and O–H groups in total. The predicted octanol–water partition coefficient (Wildman–Crippen LogP) is 1.62. The highest BCUT2D eigenvalue weighted by molar-refractivity contribution is 5.12. The van der Waals surface area contributed by atoms with Gasteiger partial charge in [-0.05, 0) is 19.8 Å². The largest absolute Gasteiger partial charge is 0.491 e. The van der Waals surface area contributed by atoms with Gasteiger partial charge in [0.15, 0.2) is 5.75 Å². The van der Waals surface area contributed by atoms with Gasteiger partial charge in [0.2, 0.25) is 0 Å². The van der Waals surface area contributed by atoms with Crippen molar-refractivity contribution in [3.8, 4) is 5.75 Å². The van der Waals surface area contributed by atoms with Crippen molar-refractivity contribution in [2.45, 2.75) is 25.8 Å². The SMILES string of the molecule is CCOc1cnn(C2CC2)c1. The van der Waals surface area contributed by atoms with Gasteiger partial charge in [0, 0.05) is 0 Å². The molecule has 1 heterocycles. The standard InChI is InChI=1S/C8H12N2O/c1-2-11-8-5-9-10(6-8)7-3-4-7/h5-7H,2-4H2,1H3. The van der Waals surface area contributed by atoms with Crippen molar-refractivity contribution in [3.63, 3.8) is 0 Å². The van der Waals surface area contributed by atoms with Gasteiger partial charge in [0.25, 0.3) is 0 Å². The lowest BCUT2D eigenvalue weighted by Gasteiger charge is -1.95. The first-order valence-corrected chi connectivity index (χ1v) is 4.07. The van der Waals surface area contributed by atoms with Crippen molar-refractivity contribution in [1.82, 2.24) is 9.78 Å². The van der Waals surface area contributed by atoms with E-state index in [1.807, 2.05) is 17.8 Å². The smallest absolute Gasteiger partial charge is 0.157 e. The summed E-state index contributed by atoms with van der Waals surface area (Å²) in [7, 11) is 0. The van der Waals surface area contributed by atoms with E-state index in [1.165, 1.54) is 12.8 Å². The molecule has 0 atom stereocenters. The van der Waals surface area contributed by atoms with Crippen LogP contribution in [0.15, 0.2) is 12.4 Å². The number of hydrogen-bond acceptors (Lipinski definition) is 2. The molecule has 0 saturated heterocycles. The molecule has 0 radical (unpaired) electrons. The van der Waals surface area contributed by atoms with Crippen LogP contribution in [-0.2, 0) is 0 Å². The lowest BCUT2D eigenvalue weighted by molar-refractivity contribution is 0.339. The van der Waals surface area contributed by atoms with Gasteiger partial charge in [-0.1, -0.05) is 0 Å². The fraction of sp³-hybridized carbons (Fsp3) is 0.625. The normalized spacial score (nSPS) is 16.8. The maximum atomic E-state index is 5.28. The molecule has 3 heteroatoms. The molecule has 1 saturated carbocycles. The molecule has 1 aromatic rings. The van der Waals surface area contributed by atoms with Crippen LogP contribution in [0.25, 0.3) is 0 Å². The van der Waals surface area contributed by atoms with Gasteiger partial charge in [-0.3, -0.25) is 4.68 Å². The minimum Gasteiger partial charge on any atom is -0.491 e. The summed E-state index contributed by atoms with van der Waals surface area (Å²) >= 11 is 0. The Morgan fingerprint density at radius 1 is 1.73 bits per heavy atom. The van der Waals surface area contributed by atoms with Crippen LogP contribution in [0.5, 0.6) is 5.75 Å². The molecule has 1 aliphatic rings. The second-order valence-electron chi connectivity index (χ2n) is 2.82. The summed E-state index contributed by atoms with van der Waals surface area (Å²) in [5.74, 6) is 0.888. The Labute approximate surface area is 66.0 Å². The van der Waals surface area contributed by atoms with E-state index in [1.54, 1.807) is 6.20 Å². The third-order valence-corrected chi connectivity index (χ3v) is 1.81. The minimum atomic E-state index is 0.657. The zero-order chi connectivity index (χ0) is 7.68. The van der Waals surface area contributed by atoms with Gasteiger partial charge >= 0.3 is 0 Å². The number of aromatic nitrogens is 2. The minimum absolute atomic E-state index is 0.657. The third kappa shape index (κ3) is 1.37. The highest BCUT2D eigenvalue weighted by Crippen LogP contribution is 2.34. The maximum absolute atomic E-state index is 5.28. The molecule has 1 aliphatic carbocycles. The van der Waals surface area contributed by atoms with Crippen molar-refractivity contribution < 1.29 is 4.74 Å². The number of hydrogen-bond donors (Lipinski definition) is 0. The molecule has 0 spiro atoms. The van der Waals surface area contributed by atoms with Crippen LogP contribution >= 0.6 is 0 Å². The average Bonchev–Trinajstić information content (AvgIpc) is 2.75. The van der Waals surface area contributed by atoms with Crippen LogP contribution in [-0.4, -0.2) is 16.4 Å². The average molecular weight is 152 g/mol. The highest BCUT2D eigenvalue weighted by Gasteiger charge is 2.24. The van der Waals surface area contributed by atoms with E-state index >= 15 is 0 Å². The monoisotopic (exact) mass is 152 g/mol. The maximum Gasteiger partial charge on any atom is 0.157 e. The number of ether oxygens (including phenoxy) is 1. The molecular weight excluding hydrogens is 140 g/mol. The molecule has 0 bridgehead atoms. The first kappa shape index (κ1) is 6.70. The second kappa shape index (κ2) is 2.57. The van der Waals surface area contributed by atoms with E-state index in [2.05, 4.69) is 5.10 Å². The molecule has 0 amide bonds. The summed E-state index contributed by atoms with van der Waals surface area (Å²) in [4.78, 5) is 0. The highest BCUT2D eigenvalue weighted by atomic mass is 16.5. The lowest BCUT2D eigenvalue weighted by Crippen LogP contribution is -1.92. The summed E-state index contributed by atoms with van der Waals surface area (Å²) in [5, 5.41) is 4.19. The molecule has 2 rings (SSSR count). The number of nitrogens with zero attached hydrogens (tertiary/aromatic N) is 2. The Hall–Kier alpha value is -0.990. The van der Waals surface area contributed by atoms with Gasteiger partial charge in [-0.25, -0.2) is 0 Å². The van der Waals surface area contributed by atoms with E-state index in [-0.39, 0.29) is 0 Å². The molecule has 60 valence electrons. The Kier molecular flexibility index (Phi) is 1.56. The molecular formula is C8H12N2O. The van der Waals surface area contributed by atoms with E-state index < -0.39 is 0 Å². The summed E-state index contributed by atoms with van der Waals surface area (Å²) in [5.41, 5.74) is 0. The van der Waals surface area contributed by atoms with Crippen LogP contribution in [0, 0.1) is 0 Å². The summed E-state index contributed by atoms with van der Waals surface area (Å²) in [6, 6.07) is 0.657. The molecule has 0 aliphatic heterocycles. The topological polar surface area (TPSA) is 27.1 Å². The van der Waals surface area contributed by atoms with Crippen molar-refractivity contribution in [2.24, 2.45) is 0 Å². The van der Waals surface area contributed by atoms with Gasteiger partial charge in [-0.15, -0.1) is 0 Å². The molecule has 1 fully saturated rings. The Morgan fingerprint density at radius 3 is 3.18 bits per heavy atom. The van der Waals surface area contributed by atoms with E-state index in [9.17, 15) is 0 Å². The summed E-state index contributed by atoms with van der Waals surface area (Å²) in [6.07, 6.45) is 6.30. The van der Waals surface area contributed by atoms with Crippen molar-refractivity contribution >= 4 is 0 Å². The first-order valence-electron chi connectivity index (χ1n) is 4.07. The molecule has 3 nitrogen and oxygen atoms in total. The fourth-order valence-electron chi connectivity index (χ4n) is 1.10. The van der Waals surface area contributed by atoms with Crippen molar-refractivity contribution in [3.05, 3.63) is 12.4 Å². The quantitative estimate of drug-likeness (QED) is 0.658. The number of rotatable bonds is 3. The van der Waals surface area contributed by atoms with Crippen LogP contribution in [0.1, 0.15) is 25.8 Å². The molecule has 11 heavy (non-hydrogen) atoms. The zero-order valence-corrected chi connectivity index (χ0v) is 6.66. The third-order valence-electron chi connectivity index (χ3n) is 1.81. The fourth-order valence-corrected chi connectivity index (χ4v) is 1.10. The first-order chi connectivity index (χ1) is 5.40. The summed E-state index contributed by atoms with van der Waals surface area (Å²) < 4.78 is 7.27. The molecule has 1 aromatic heterocycles. The Bertz CT molecular complexity index is 240. The van der Waals surface area contributed by atoms with Crippen LogP contribution in [0.2, 0.25) is 0 Å². The molecule has 0 aromatic carbocycles. The van der Waals surface area contributed by atoms with Gasteiger partial charge in [-0.2, -0.15) is 5.10 Å². The zero-order valence-electron chi connectivity index (χ0n) is 6.66. The Morgan fingerprint density at radius 2 is 2.55 bits per heavy atom. The second-order valence-corrected chi connectivity index (χ2v) is 2.82.